The van der Waals surface area contributed by atoms with E-state index in [0.29, 0.717) is 6.61 Å². The minimum Gasteiger partial charge on any atom is -0.383 e. The molecule has 6 nitrogen and oxygen atoms in total. The number of ether oxygens (including phenoxy) is 2. The van der Waals surface area contributed by atoms with E-state index in [0.717, 1.165) is 42.3 Å². The van der Waals surface area contributed by atoms with Crippen LogP contribution in [0.25, 0.3) is 11.4 Å². The fourth-order valence-corrected chi connectivity index (χ4v) is 3.12. The first-order chi connectivity index (χ1) is 11.7. The maximum atomic E-state index is 5.56. The summed E-state index contributed by atoms with van der Waals surface area (Å²) in [5.74, 6) is 1.68. The van der Waals surface area contributed by atoms with Crippen molar-refractivity contribution in [2.45, 2.75) is 31.9 Å². The number of aromatic nitrogens is 3. The van der Waals surface area contributed by atoms with Gasteiger partial charge in [-0.05, 0) is 25.0 Å². The lowest BCUT2D eigenvalue weighted by Gasteiger charge is -2.25. The minimum atomic E-state index is 0.203. The molecule has 3 heterocycles. The zero-order valence-electron chi connectivity index (χ0n) is 14.5. The molecule has 0 radical (unpaired) electrons. The molecule has 128 valence electrons. The molecule has 1 aliphatic heterocycles. The smallest absolute Gasteiger partial charge is 0.161 e. The number of methoxy groups -OCH3 is 2. The Kier molecular flexibility index (Phi) is 5.37. The highest BCUT2D eigenvalue weighted by Crippen LogP contribution is 2.28. The number of anilines is 1. The number of hydrogen-bond donors (Lipinski definition) is 0. The monoisotopic (exact) mass is 328 g/mol. The molecule has 1 fully saturated rings. The van der Waals surface area contributed by atoms with Crippen LogP contribution in [0.2, 0.25) is 0 Å². The van der Waals surface area contributed by atoms with E-state index >= 15 is 0 Å². The highest BCUT2D eigenvalue weighted by Gasteiger charge is 2.33. The van der Waals surface area contributed by atoms with Gasteiger partial charge in [-0.25, -0.2) is 9.97 Å². The average Bonchev–Trinajstić information content (AvgIpc) is 3.05. The van der Waals surface area contributed by atoms with Crippen molar-refractivity contribution in [2.24, 2.45) is 0 Å². The van der Waals surface area contributed by atoms with Gasteiger partial charge in [0, 0.05) is 50.5 Å². The van der Waals surface area contributed by atoms with Crippen LogP contribution >= 0.6 is 0 Å². The van der Waals surface area contributed by atoms with E-state index in [2.05, 4.69) is 27.9 Å². The molecule has 0 aromatic carbocycles. The first-order valence-corrected chi connectivity index (χ1v) is 8.31. The Labute approximate surface area is 142 Å². The summed E-state index contributed by atoms with van der Waals surface area (Å²) in [6, 6.07) is 6.22. The molecule has 6 heteroatoms. The summed E-state index contributed by atoms with van der Waals surface area (Å²) in [6.45, 7) is 3.59. The molecule has 24 heavy (non-hydrogen) atoms. The van der Waals surface area contributed by atoms with Crippen molar-refractivity contribution in [3.63, 3.8) is 0 Å². The molecule has 0 bridgehead atoms. The van der Waals surface area contributed by atoms with Crippen LogP contribution < -0.4 is 4.90 Å². The number of pyridine rings is 1. The molecule has 1 aliphatic rings. The van der Waals surface area contributed by atoms with Gasteiger partial charge in [0.05, 0.1) is 18.8 Å². The SMILES string of the molecule is CCc1cc(N2C[C@H](OC)C[C@H]2COC)nc(-c2ccncc2)n1. The molecule has 0 saturated carbocycles. The predicted molar refractivity (Wildman–Crippen MR) is 93.1 cm³/mol. The quantitative estimate of drug-likeness (QED) is 0.811. The Hall–Kier alpha value is -2.05. The predicted octanol–water partition coefficient (Wildman–Crippen LogP) is 2.34. The van der Waals surface area contributed by atoms with E-state index in [9.17, 15) is 0 Å². The van der Waals surface area contributed by atoms with Crippen molar-refractivity contribution >= 4 is 5.82 Å². The maximum Gasteiger partial charge on any atom is 0.161 e. The number of hydrogen-bond acceptors (Lipinski definition) is 6. The van der Waals surface area contributed by atoms with Gasteiger partial charge in [0.25, 0.3) is 0 Å². The molecule has 2 atom stereocenters. The highest BCUT2D eigenvalue weighted by atomic mass is 16.5. The third-order valence-corrected chi connectivity index (χ3v) is 4.43. The minimum absolute atomic E-state index is 0.203. The Morgan fingerprint density at radius 2 is 2.00 bits per heavy atom. The number of aryl methyl sites for hydroxylation is 1. The van der Waals surface area contributed by atoms with Crippen LogP contribution in [0.4, 0.5) is 5.82 Å². The van der Waals surface area contributed by atoms with E-state index in [4.69, 9.17) is 14.5 Å². The van der Waals surface area contributed by atoms with E-state index in [-0.39, 0.29) is 12.1 Å². The van der Waals surface area contributed by atoms with Crippen molar-refractivity contribution in [3.05, 3.63) is 36.3 Å². The van der Waals surface area contributed by atoms with Crippen LogP contribution in [-0.2, 0) is 15.9 Å². The Morgan fingerprint density at radius 1 is 1.21 bits per heavy atom. The lowest BCUT2D eigenvalue weighted by Crippen LogP contribution is -2.34. The Balaban J connectivity index is 1.97. The zero-order valence-corrected chi connectivity index (χ0v) is 14.5. The van der Waals surface area contributed by atoms with Crippen molar-refractivity contribution in [1.29, 1.82) is 0 Å². The van der Waals surface area contributed by atoms with Crippen molar-refractivity contribution in [1.82, 2.24) is 15.0 Å². The first-order valence-electron chi connectivity index (χ1n) is 8.31. The first kappa shape index (κ1) is 16.8. The third kappa shape index (κ3) is 3.55. The summed E-state index contributed by atoms with van der Waals surface area (Å²) >= 11 is 0. The van der Waals surface area contributed by atoms with Gasteiger partial charge in [0.15, 0.2) is 5.82 Å². The second kappa shape index (κ2) is 7.68. The lowest BCUT2D eigenvalue weighted by molar-refractivity contribution is 0.111. The molecule has 2 aromatic heterocycles. The number of nitrogens with zero attached hydrogens (tertiary/aromatic N) is 4. The van der Waals surface area contributed by atoms with Gasteiger partial charge in [0.2, 0.25) is 0 Å². The fourth-order valence-electron chi connectivity index (χ4n) is 3.12. The summed E-state index contributed by atoms with van der Waals surface area (Å²) in [5, 5.41) is 0. The number of rotatable bonds is 6. The van der Waals surface area contributed by atoms with Crippen molar-refractivity contribution in [3.8, 4) is 11.4 Å². The van der Waals surface area contributed by atoms with Crippen LogP contribution in [0, 0.1) is 0 Å². The van der Waals surface area contributed by atoms with Gasteiger partial charge < -0.3 is 14.4 Å². The van der Waals surface area contributed by atoms with E-state index in [1.807, 2.05) is 12.1 Å². The van der Waals surface area contributed by atoms with E-state index < -0.39 is 0 Å². The van der Waals surface area contributed by atoms with Crippen LogP contribution in [-0.4, -0.2) is 54.5 Å². The topological polar surface area (TPSA) is 60.4 Å². The third-order valence-electron chi connectivity index (χ3n) is 4.43. The van der Waals surface area contributed by atoms with Gasteiger partial charge in [-0.3, -0.25) is 4.98 Å². The standard InChI is InChI=1S/C18H24N4O2/c1-4-14-9-17(21-18(20-14)13-5-7-19-8-6-13)22-11-16(24-3)10-15(22)12-23-2/h5-9,15-16H,4,10-12H2,1-3H3/t15-,16+/m0/s1. The second-order valence-corrected chi connectivity index (χ2v) is 5.99. The van der Waals surface area contributed by atoms with E-state index in [1.54, 1.807) is 26.6 Å². The van der Waals surface area contributed by atoms with Gasteiger partial charge in [0.1, 0.15) is 5.82 Å². The zero-order chi connectivity index (χ0) is 16.9. The molecule has 1 saturated heterocycles. The molecule has 2 aromatic rings. The molecular formula is C18H24N4O2. The average molecular weight is 328 g/mol. The molecule has 0 unspecified atom stereocenters. The summed E-state index contributed by atoms with van der Waals surface area (Å²) in [5.41, 5.74) is 2.01. The summed E-state index contributed by atoms with van der Waals surface area (Å²) < 4.78 is 11.0. The summed E-state index contributed by atoms with van der Waals surface area (Å²) in [4.78, 5) is 15.8. The Morgan fingerprint density at radius 3 is 2.67 bits per heavy atom. The Bertz CT molecular complexity index is 665. The van der Waals surface area contributed by atoms with Gasteiger partial charge in [-0.15, -0.1) is 0 Å². The fraction of sp³-hybridized carbons (Fsp3) is 0.500. The van der Waals surface area contributed by atoms with Gasteiger partial charge >= 0.3 is 0 Å². The van der Waals surface area contributed by atoms with Gasteiger partial charge in [-0.2, -0.15) is 0 Å². The molecular weight excluding hydrogens is 304 g/mol. The summed E-state index contributed by atoms with van der Waals surface area (Å²) in [6.07, 6.45) is 5.54. The molecule has 0 amide bonds. The normalized spacial score (nSPS) is 20.5. The van der Waals surface area contributed by atoms with Crippen LogP contribution in [0.1, 0.15) is 19.0 Å². The molecule has 0 aliphatic carbocycles. The highest BCUT2D eigenvalue weighted by molar-refractivity contribution is 5.58. The van der Waals surface area contributed by atoms with Crippen molar-refractivity contribution in [2.75, 3.05) is 32.3 Å². The molecule has 3 rings (SSSR count). The van der Waals surface area contributed by atoms with Crippen LogP contribution in [0.3, 0.4) is 0 Å². The molecule has 0 spiro atoms. The van der Waals surface area contributed by atoms with E-state index in [1.165, 1.54) is 0 Å². The maximum absolute atomic E-state index is 5.56. The van der Waals surface area contributed by atoms with Crippen LogP contribution in [0.5, 0.6) is 0 Å². The lowest BCUT2D eigenvalue weighted by atomic mass is 10.2. The van der Waals surface area contributed by atoms with Crippen LogP contribution in [0.15, 0.2) is 30.6 Å². The van der Waals surface area contributed by atoms with Crippen molar-refractivity contribution < 1.29 is 9.47 Å². The van der Waals surface area contributed by atoms with Gasteiger partial charge in [-0.1, -0.05) is 6.92 Å². The largest absolute Gasteiger partial charge is 0.383 e. The molecule has 0 N–H and O–H groups in total. The second-order valence-electron chi connectivity index (χ2n) is 5.99. The summed E-state index contributed by atoms with van der Waals surface area (Å²) in [7, 11) is 3.50.